The molecule has 3 N–H and O–H groups in total. The summed E-state index contributed by atoms with van der Waals surface area (Å²) in [6, 6.07) is 3.14. The molecule has 196 valence electrons. The molecule has 1 fully saturated rings. The number of carbonyl (C=O) groups is 3. The van der Waals surface area contributed by atoms with Crippen molar-refractivity contribution in [2.75, 3.05) is 12.0 Å². The largest absolute Gasteiger partial charge is 0.507 e. The number of phenolic OH excluding ortho intramolecular Hbond substituents is 1. The van der Waals surface area contributed by atoms with E-state index in [1.54, 1.807) is 62.6 Å². The Kier molecular flexibility index (Phi) is 9.50. The van der Waals surface area contributed by atoms with Crippen molar-refractivity contribution in [1.29, 1.82) is 0 Å². The standard InChI is InChI=1S/C26H41N3O5S/c1-16-10-9-11-18(21(16)30)20(22(31)28-25(2,3)4)29(17-12-13-17)23(32)19(14-15-35-8)27-24(33)34-26(5,6)7/h9-11,17,19-20,30H,12-15H2,1-8H3,(H,27,33)(H,28,31). The third-order valence-corrected chi connectivity index (χ3v) is 6.03. The lowest BCUT2D eigenvalue weighted by molar-refractivity contribution is -0.143. The normalized spacial score (nSPS) is 15.7. The van der Waals surface area contributed by atoms with E-state index in [0.29, 0.717) is 23.3 Å². The number of nitrogens with one attached hydrogen (secondary N) is 2. The smallest absolute Gasteiger partial charge is 0.408 e. The van der Waals surface area contributed by atoms with E-state index in [1.807, 2.05) is 27.0 Å². The molecule has 2 unspecified atom stereocenters. The molecule has 1 aliphatic carbocycles. The number of aryl methyl sites for hydroxylation is 1. The van der Waals surface area contributed by atoms with Crippen molar-refractivity contribution in [1.82, 2.24) is 15.5 Å². The summed E-state index contributed by atoms with van der Waals surface area (Å²) in [7, 11) is 0. The molecule has 1 saturated carbocycles. The molecule has 0 bridgehead atoms. The Bertz CT molecular complexity index is 919. The number of hydrogen-bond acceptors (Lipinski definition) is 6. The van der Waals surface area contributed by atoms with E-state index in [-0.39, 0.29) is 23.6 Å². The van der Waals surface area contributed by atoms with E-state index >= 15 is 0 Å². The van der Waals surface area contributed by atoms with Gasteiger partial charge in [0.1, 0.15) is 23.4 Å². The monoisotopic (exact) mass is 507 g/mol. The fourth-order valence-electron chi connectivity index (χ4n) is 3.75. The lowest BCUT2D eigenvalue weighted by Crippen LogP contribution is -2.55. The average Bonchev–Trinajstić information content (AvgIpc) is 3.53. The van der Waals surface area contributed by atoms with E-state index in [1.165, 1.54) is 0 Å². The minimum atomic E-state index is -1.04. The Balaban J connectivity index is 2.50. The van der Waals surface area contributed by atoms with Gasteiger partial charge in [0.2, 0.25) is 11.8 Å². The van der Waals surface area contributed by atoms with Crippen LogP contribution >= 0.6 is 11.8 Å². The molecule has 2 rings (SSSR count). The van der Waals surface area contributed by atoms with Gasteiger partial charge >= 0.3 is 6.09 Å². The van der Waals surface area contributed by atoms with Crippen LogP contribution in [0.5, 0.6) is 5.75 Å². The molecule has 1 aromatic rings. The van der Waals surface area contributed by atoms with Gasteiger partial charge in [-0.2, -0.15) is 11.8 Å². The van der Waals surface area contributed by atoms with Crippen molar-refractivity contribution in [2.24, 2.45) is 0 Å². The molecule has 0 aliphatic heterocycles. The van der Waals surface area contributed by atoms with Crippen LogP contribution in [0, 0.1) is 6.92 Å². The molecule has 3 amide bonds. The van der Waals surface area contributed by atoms with Crippen molar-refractivity contribution in [2.45, 2.75) is 97.0 Å². The lowest BCUT2D eigenvalue weighted by Gasteiger charge is -2.36. The molecule has 1 aromatic carbocycles. The van der Waals surface area contributed by atoms with E-state index < -0.39 is 29.3 Å². The highest BCUT2D eigenvalue weighted by Crippen LogP contribution is 2.39. The number of aromatic hydroxyl groups is 1. The first-order valence-electron chi connectivity index (χ1n) is 12.1. The van der Waals surface area contributed by atoms with E-state index in [4.69, 9.17) is 4.74 Å². The quantitative estimate of drug-likeness (QED) is 0.460. The van der Waals surface area contributed by atoms with Gasteiger partial charge in [0.15, 0.2) is 0 Å². The van der Waals surface area contributed by atoms with Crippen LogP contribution in [0.1, 0.15) is 78.0 Å². The Morgan fingerprint density at radius 3 is 2.31 bits per heavy atom. The molecule has 0 heterocycles. The van der Waals surface area contributed by atoms with Gasteiger partial charge in [-0.25, -0.2) is 4.79 Å². The molecule has 8 nitrogen and oxygen atoms in total. The molecule has 0 spiro atoms. The Labute approximate surface area is 213 Å². The van der Waals surface area contributed by atoms with Crippen LogP contribution in [0.15, 0.2) is 18.2 Å². The minimum Gasteiger partial charge on any atom is -0.507 e. The molecule has 1 aliphatic rings. The number of rotatable bonds is 9. The third-order valence-electron chi connectivity index (χ3n) is 5.38. The number of ether oxygens (including phenoxy) is 1. The van der Waals surface area contributed by atoms with Crippen LogP contribution in [0.2, 0.25) is 0 Å². The van der Waals surface area contributed by atoms with E-state index in [2.05, 4.69) is 10.6 Å². The number of carbonyl (C=O) groups excluding carboxylic acids is 3. The van der Waals surface area contributed by atoms with Crippen molar-refractivity contribution < 1.29 is 24.2 Å². The van der Waals surface area contributed by atoms with Gasteiger partial charge < -0.3 is 25.4 Å². The molecular weight excluding hydrogens is 466 g/mol. The Hall–Kier alpha value is -2.42. The van der Waals surface area contributed by atoms with Crippen LogP contribution in [-0.2, 0) is 14.3 Å². The fraction of sp³-hybridized carbons (Fsp3) is 0.654. The van der Waals surface area contributed by atoms with Gasteiger partial charge in [0, 0.05) is 17.1 Å². The molecule has 9 heteroatoms. The van der Waals surface area contributed by atoms with Gasteiger partial charge in [-0.15, -0.1) is 0 Å². The molecule has 35 heavy (non-hydrogen) atoms. The second-order valence-electron chi connectivity index (χ2n) is 11.1. The first-order valence-corrected chi connectivity index (χ1v) is 13.4. The molecule has 0 saturated heterocycles. The number of thioether (sulfide) groups is 1. The highest BCUT2D eigenvalue weighted by atomic mass is 32.2. The van der Waals surface area contributed by atoms with Crippen molar-refractivity contribution >= 4 is 29.7 Å². The third kappa shape index (κ3) is 8.63. The van der Waals surface area contributed by atoms with Gasteiger partial charge in [-0.1, -0.05) is 18.2 Å². The zero-order chi connectivity index (χ0) is 26.6. The van der Waals surface area contributed by atoms with Crippen LogP contribution in [0.3, 0.4) is 0 Å². The number of amides is 3. The maximum Gasteiger partial charge on any atom is 0.408 e. The molecule has 0 aromatic heterocycles. The minimum absolute atomic E-state index is 0.0132. The number of alkyl carbamates (subject to hydrolysis) is 1. The maximum absolute atomic E-state index is 14.0. The highest BCUT2D eigenvalue weighted by molar-refractivity contribution is 7.98. The van der Waals surface area contributed by atoms with Gasteiger partial charge in [-0.3, -0.25) is 9.59 Å². The Morgan fingerprint density at radius 2 is 1.80 bits per heavy atom. The number of phenols is 1. The summed E-state index contributed by atoms with van der Waals surface area (Å²) in [5.41, 5.74) is -0.270. The first kappa shape index (κ1) is 28.8. The lowest BCUT2D eigenvalue weighted by atomic mass is 9.97. The fourth-order valence-corrected chi connectivity index (χ4v) is 4.22. The summed E-state index contributed by atoms with van der Waals surface area (Å²) in [4.78, 5) is 41.7. The summed E-state index contributed by atoms with van der Waals surface area (Å²) >= 11 is 1.56. The van der Waals surface area contributed by atoms with Crippen molar-refractivity contribution in [3.63, 3.8) is 0 Å². The second kappa shape index (κ2) is 11.5. The SMILES string of the molecule is CSCCC(NC(=O)OC(C)(C)C)C(=O)N(C1CC1)C(C(=O)NC(C)(C)C)c1cccc(C)c1O. The summed E-state index contributed by atoms with van der Waals surface area (Å²) in [5, 5.41) is 16.6. The average molecular weight is 508 g/mol. The van der Waals surface area contributed by atoms with Gasteiger partial charge in [-0.05, 0) is 85.3 Å². The van der Waals surface area contributed by atoms with Gasteiger partial charge in [0.05, 0.1) is 0 Å². The van der Waals surface area contributed by atoms with Crippen LogP contribution < -0.4 is 10.6 Å². The summed E-state index contributed by atoms with van der Waals surface area (Å²) in [6.07, 6.45) is 3.13. The second-order valence-corrected chi connectivity index (χ2v) is 12.1. The maximum atomic E-state index is 14.0. The van der Waals surface area contributed by atoms with Crippen LogP contribution in [0.4, 0.5) is 4.79 Å². The predicted octanol–water partition coefficient (Wildman–Crippen LogP) is 4.29. The van der Waals surface area contributed by atoms with Gasteiger partial charge in [0.25, 0.3) is 0 Å². The highest BCUT2D eigenvalue weighted by Gasteiger charge is 2.45. The van der Waals surface area contributed by atoms with E-state index in [9.17, 15) is 19.5 Å². The molecule has 2 atom stereocenters. The topological polar surface area (TPSA) is 108 Å². The summed E-state index contributed by atoms with van der Waals surface area (Å²) in [5.74, 6) is -0.109. The van der Waals surface area contributed by atoms with Crippen molar-refractivity contribution in [3.8, 4) is 5.75 Å². The summed E-state index contributed by atoms with van der Waals surface area (Å²) in [6.45, 7) is 12.6. The number of hydrogen-bond donors (Lipinski definition) is 3. The Morgan fingerprint density at radius 1 is 1.17 bits per heavy atom. The predicted molar refractivity (Wildman–Crippen MR) is 140 cm³/mol. The number of para-hydroxylation sites is 1. The zero-order valence-corrected chi connectivity index (χ0v) is 23.0. The van der Waals surface area contributed by atoms with Crippen LogP contribution in [0.25, 0.3) is 0 Å². The molecular formula is C26H41N3O5S. The molecule has 0 radical (unpaired) electrons. The van der Waals surface area contributed by atoms with Crippen LogP contribution in [-0.4, -0.2) is 63.1 Å². The number of benzene rings is 1. The van der Waals surface area contributed by atoms with Crippen molar-refractivity contribution in [3.05, 3.63) is 29.3 Å². The summed E-state index contributed by atoms with van der Waals surface area (Å²) < 4.78 is 5.40. The first-order chi connectivity index (χ1) is 16.1. The van der Waals surface area contributed by atoms with E-state index in [0.717, 1.165) is 12.8 Å². The zero-order valence-electron chi connectivity index (χ0n) is 22.2. The number of nitrogens with zero attached hydrogens (tertiary/aromatic N) is 1.